The SMILES string of the molecule is O=C(N[C@@H]1CN(Cc2ccccc2)C[C@H]1CO)c1cnco1. The summed E-state index contributed by atoms with van der Waals surface area (Å²) in [5.74, 6) is -0.0729. The molecule has 0 saturated carbocycles. The van der Waals surface area contributed by atoms with Crippen molar-refractivity contribution in [3.05, 3.63) is 54.2 Å². The van der Waals surface area contributed by atoms with Crippen molar-refractivity contribution in [3.8, 4) is 0 Å². The van der Waals surface area contributed by atoms with Gasteiger partial charge in [0.1, 0.15) is 0 Å². The zero-order valence-electron chi connectivity index (χ0n) is 12.2. The first-order valence-electron chi connectivity index (χ1n) is 7.32. The number of hydrogen-bond acceptors (Lipinski definition) is 5. The number of carbonyl (C=O) groups excluding carboxylic acids is 1. The number of benzene rings is 1. The molecule has 22 heavy (non-hydrogen) atoms. The number of oxazole rings is 1. The maximum absolute atomic E-state index is 12.0. The molecule has 0 bridgehead atoms. The number of carbonyl (C=O) groups is 1. The van der Waals surface area contributed by atoms with Gasteiger partial charge in [0.25, 0.3) is 5.91 Å². The molecule has 2 N–H and O–H groups in total. The summed E-state index contributed by atoms with van der Waals surface area (Å²) in [6, 6.07) is 10.1. The first-order chi connectivity index (χ1) is 10.8. The van der Waals surface area contributed by atoms with Crippen LogP contribution in [0.5, 0.6) is 0 Å². The first-order valence-corrected chi connectivity index (χ1v) is 7.32. The summed E-state index contributed by atoms with van der Waals surface area (Å²) in [5, 5.41) is 12.5. The van der Waals surface area contributed by atoms with Crippen LogP contribution < -0.4 is 5.32 Å². The molecule has 1 amide bonds. The average Bonchev–Trinajstić information content (AvgIpc) is 3.18. The summed E-state index contributed by atoms with van der Waals surface area (Å²) >= 11 is 0. The summed E-state index contributed by atoms with van der Waals surface area (Å²) in [5.41, 5.74) is 1.22. The van der Waals surface area contributed by atoms with Crippen molar-refractivity contribution in [1.82, 2.24) is 15.2 Å². The normalized spacial score (nSPS) is 21.9. The summed E-state index contributed by atoms with van der Waals surface area (Å²) < 4.78 is 5.00. The van der Waals surface area contributed by atoms with Crippen LogP contribution >= 0.6 is 0 Å². The number of amides is 1. The summed E-state index contributed by atoms with van der Waals surface area (Å²) in [4.78, 5) is 18.0. The summed E-state index contributed by atoms with van der Waals surface area (Å²) in [6.07, 6.45) is 2.62. The van der Waals surface area contributed by atoms with Gasteiger partial charge in [-0.1, -0.05) is 30.3 Å². The number of hydrogen-bond donors (Lipinski definition) is 2. The van der Waals surface area contributed by atoms with E-state index in [0.717, 1.165) is 13.1 Å². The van der Waals surface area contributed by atoms with Crippen molar-refractivity contribution in [2.24, 2.45) is 5.92 Å². The molecule has 1 aromatic heterocycles. The topological polar surface area (TPSA) is 78.6 Å². The van der Waals surface area contributed by atoms with Crippen LogP contribution in [0.3, 0.4) is 0 Å². The van der Waals surface area contributed by atoms with E-state index in [-0.39, 0.29) is 30.2 Å². The van der Waals surface area contributed by atoms with Gasteiger partial charge in [-0.05, 0) is 5.56 Å². The highest BCUT2D eigenvalue weighted by Crippen LogP contribution is 2.19. The van der Waals surface area contributed by atoms with Gasteiger partial charge >= 0.3 is 0 Å². The lowest BCUT2D eigenvalue weighted by atomic mass is 10.1. The molecule has 3 rings (SSSR count). The summed E-state index contributed by atoms with van der Waals surface area (Å²) in [7, 11) is 0. The smallest absolute Gasteiger partial charge is 0.288 e. The molecule has 2 aromatic rings. The molecule has 6 heteroatoms. The molecule has 0 unspecified atom stereocenters. The standard InChI is InChI=1S/C16H19N3O3/c20-10-13-8-19(7-12-4-2-1-3-5-12)9-14(13)18-16(21)15-6-17-11-22-15/h1-6,11,13-14,20H,7-10H2,(H,18,21)/t13-,14+/m0/s1. The van der Waals surface area contributed by atoms with Gasteiger partial charge in [0.15, 0.2) is 6.39 Å². The second kappa shape index (κ2) is 6.72. The third kappa shape index (κ3) is 3.35. The molecule has 0 aliphatic carbocycles. The van der Waals surface area contributed by atoms with E-state index < -0.39 is 0 Å². The lowest BCUT2D eigenvalue weighted by Gasteiger charge is -2.17. The Balaban J connectivity index is 1.61. The molecule has 2 atom stereocenters. The van der Waals surface area contributed by atoms with Gasteiger partial charge in [-0.3, -0.25) is 9.69 Å². The first kappa shape index (κ1) is 14.7. The quantitative estimate of drug-likeness (QED) is 0.858. The Hall–Kier alpha value is -2.18. The van der Waals surface area contributed by atoms with E-state index in [0.29, 0.717) is 6.54 Å². The molecule has 0 radical (unpaired) electrons. The maximum Gasteiger partial charge on any atom is 0.288 e. The Morgan fingerprint density at radius 2 is 2.18 bits per heavy atom. The fourth-order valence-corrected chi connectivity index (χ4v) is 2.85. The van der Waals surface area contributed by atoms with Crippen molar-refractivity contribution in [2.45, 2.75) is 12.6 Å². The second-order valence-electron chi connectivity index (χ2n) is 5.57. The Morgan fingerprint density at radius 3 is 2.86 bits per heavy atom. The van der Waals surface area contributed by atoms with Crippen LogP contribution in [0.4, 0.5) is 0 Å². The molecular formula is C16H19N3O3. The zero-order chi connectivity index (χ0) is 15.4. The predicted octanol–water partition coefficient (Wildman–Crippen LogP) is 0.897. The molecule has 2 heterocycles. The minimum Gasteiger partial charge on any atom is -0.438 e. The molecule has 116 valence electrons. The third-order valence-electron chi connectivity index (χ3n) is 3.97. The lowest BCUT2D eigenvalue weighted by molar-refractivity contribution is 0.0893. The Morgan fingerprint density at radius 1 is 1.36 bits per heavy atom. The van der Waals surface area contributed by atoms with Crippen LogP contribution in [0.25, 0.3) is 0 Å². The largest absolute Gasteiger partial charge is 0.438 e. The highest BCUT2D eigenvalue weighted by molar-refractivity contribution is 5.91. The van der Waals surface area contributed by atoms with Gasteiger partial charge in [0, 0.05) is 38.2 Å². The van der Waals surface area contributed by atoms with Crippen LogP contribution in [0.2, 0.25) is 0 Å². The minimum atomic E-state index is -0.289. The van der Waals surface area contributed by atoms with Crippen molar-refractivity contribution < 1.29 is 14.3 Å². The number of aliphatic hydroxyl groups excluding tert-OH is 1. The van der Waals surface area contributed by atoms with Gasteiger partial charge in [-0.15, -0.1) is 0 Å². The molecule has 1 aliphatic rings. The van der Waals surface area contributed by atoms with Crippen molar-refractivity contribution >= 4 is 5.91 Å². The highest BCUT2D eigenvalue weighted by atomic mass is 16.3. The molecule has 1 fully saturated rings. The summed E-state index contributed by atoms with van der Waals surface area (Å²) in [6.45, 7) is 2.32. The number of nitrogens with one attached hydrogen (secondary N) is 1. The number of aliphatic hydroxyl groups is 1. The zero-order valence-corrected chi connectivity index (χ0v) is 12.2. The van der Waals surface area contributed by atoms with Gasteiger partial charge in [0.05, 0.1) is 6.20 Å². The number of rotatable bonds is 5. The molecule has 1 aromatic carbocycles. The van der Waals surface area contributed by atoms with E-state index in [1.165, 1.54) is 18.2 Å². The van der Waals surface area contributed by atoms with E-state index in [1.54, 1.807) is 0 Å². The van der Waals surface area contributed by atoms with Crippen LogP contribution in [0.15, 0.2) is 47.3 Å². The lowest BCUT2D eigenvalue weighted by Crippen LogP contribution is -2.41. The predicted molar refractivity (Wildman–Crippen MR) is 80.1 cm³/mol. The Bertz CT molecular complexity index is 600. The molecule has 1 aliphatic heterocycles. The van der Waals surface area contributed by atoms with Gasteiger partial charge in [0.2, 0.25) is 5.76 Å². The van der Waals surface area contributed by atoms with Crippen LogP contribution in [-0.2, 0) is 6.54 Å². The minimum absolute atomic E-state index is 0.0237. The third-order valence-corrected chi connectivity index (χ3v) is 3.97. The van der Waals surface area contributed by atoms with Crippen LogP contribution in [0, 0.1) is 5.92 Å². The van der Waals surface area contributed by atoms with E-state index in [4.69, 9.17) is 4.42 Å². The van der Waals surface area contributed by atoms with E-state index in [2.05, 4.69) is 27.3 Å². The van der Waals surface area contributed by atoms with Crippen molar-refractivity contribution in [2.75, 3.05) is 19.7 Å². The van der Waals surface area contributed by atoms with Gasteiger partial charge in [-0.2, -0.15) is 0 Å². The Labute approximate surface area is 128 Å². The van der Waals surface area contributed by atoms with Gasteiger partial charge < -0.3 is 14.8 Å². The molecule has 0 spiro atoms. The van der Waals surface area contributed by atoms with Crippen molar-refractivity contribution in [1.29, 1.82) is 0 Å². The number of likely N-dealkylation sites (tertiary alicyclic amines) is 1. The average molecular weight is 301 g/mol. The molecule has 1 saturated heterocycles. The monoisotopic (exact) mass is 301 g/mol. The molecular weight excluding hydrogens is 282 g/mol. The number of nitrogens with zero attached hydrogens (tertiary/aromatic N) is 2. The fraction of sp³-hybridized carbons (Fsp3) is 0.375. The second-order valence-corrected chi connectivity index (χ2v) is 5.57. The number of aromatic nitrogens is 1. The van der Waals surface area contributed by atoms with E-state index >= 15 is 0 Å². The fourth-order valence-electron chi connectivity index (χ4n) is 2.85. The highest BCUT2D eigenvalue weighted by Gasteiger charge is 2.33. The van der Waals surface area contributed by atoms with Crippen molar-refractivity contribution in [3.63, 3.8) is 0 Å². The Kier molecular flexibility index (Phi) is 4.50. The van der Waals surface area contributed by atoms with Crippen LogP contribution in [0.1, 0.15) is 16.1 Å². The van der Waals surface area contributed by atoms with Crippen LogP contribution in [-0.4, -0.2) is 46.6 Å². The molecule has 6 nitrogen and oxygen atoms in total. The van der Waals surface area contributed by atoms with E-state index in [9.17, 15) is 9.90 Å². The van der Waals surface area contributed by atoms with Gasteiger partial charge in [-0.25, -0.2) is 4.98 Å². The van der Waals surface area contributed by atoms with E-state index in [1.807, 2.05) is 18.2 Å². The maximum atomic E-state index is 12.0.